The molecule has 0 fully saturated rings. The molecule has 0 aromatic carbocycles. The van der Waals surface area contributed by atoms with Crippen LogP contribution in [0.15, 0.2) is 0 Å². The van der Waals surface area contributed by atoms with Crippen molar-refractivity contribution in [1.29, 1.82) is 0 Å². The number of ketones is 1. The number of aliphatic hydroxyl groups excluding tert-OH is 8. The molecule has 0 aliphatic heterocycles. The van der Waals surface area contributed by atoms with Gasteiger partial charge in [0.25, 0.3) is 0 Å². The predicted octanol–water partition coefficient (Wildman–Crippen LogP) is -3.67. The summed E-state index contributed by atoms with van der Waals surface area (Å²) in [4.78, 5) is 12.3. The van der Waals surface area contributed by atoms with Crippen LogP contribution in [-0.4, -0.2) is 227 Å². The molecule has 0 radical (unpaired) electrons. The molecule has 8 N–H and O–H groups in total. The minimum atomic E-state index is -1.55. The van der Waals surface area contributed by atoms with Crippen LogP contribution in [0.4, 0.5) is 0 Å². The quantitative estimate of drug-likeness (QED) is 0.0283. The molecule has 0 aromatic heterocycles. The Labute approximate surface area is 295 Å². The maximum absolute atomic E-state index is 10.8. The molecule has 50 heavy (non-hydrogen) atoms. The summed E-state index contributed by atoms with van der Waals surface area (Å²) in [5, 5.41) is 78.7. The Hall–Kier alpha value is -1.01. The van der Waals surface area contributed by atoms with E-state index in [9.17, 15) is 35.4 Å². The molecule has 0 heterocycles. The third-order valence-electron chi connectivity index (χ3n) is 7.07. The number of nitrogens with zero attached hydrogens (tertiary/aromatic N) is 1. The van der Waals surface area contributed by atoms with Crippen LogP contribution in [0.5, 0.6) is 0 Å². The summed E-state index contributed by atoms with van der Waals surface area (Å²) in [6, 6.07) is 0. The second-order valence-corrected chi connectivity index (χ2v) is 11.4. The molecule has 18 heteroatoms. The van der Waals surface area contributed by atoms with E-state index in [4.69, 9.17) is 48.1 Å². The molecule has 6 atom stereocenters. The van der Waals surface area contributed by atoms with Crippen LogP contribution in [0.3, 0.4) is 0 Å². The number of hydrogen-bond acceptors (Lipinski definition) is 18. The van der Waals surface area contributed by atoms with Gasteiger partial charge in [-0.3, -0.25) is 9.69 Å². The fraction of sp³-hybridized carbons (Fsp3) is 0.969. The summed E-state index contributed by atoms with van der Waals surface area (Å²) < 4.78 is 43.4. The standard InChI is InChI=1S/C32H65NO17/c1-26(36)4-8-43-10-12-45-14-16-47-18-20-49-22-23-50-21-19-48-17-15-46-13-11-44-9-5-33(24-29(39)31(41)27(37)2-6-34)25-30(40)32(42)28(38)3-7-35/h27-32,34-35,37-42H,2-25H2,1H3. The number of hydrogen-bond donors (Lipinski definition) is 8. The lowest BCUT2D eigenvalue weighted by Crippen LogP contribution is -2.50. The summed E-state index contributed by atoms with van der Waals surface area (Å²) >= 11 is 0. The van der Waals surface area contributed by atoms with Gasteiger partial charge in [0.1, 0.15) is 18.0 Å². The maximum atomic E-state index is 10.8. The van der Waals surface area contributed by atoms with Crippen molar-refractivity contribution in [3.05, 3.63) is 0 Å². The number of aliphatic hydroxyl groups is 8. The first-order chi connectivity index (χ1) is 24.1. The first kappa shape index (κ1) is 49.0. The molecule has 6 unspecified atom stereocenters. The molecule has 18 nitrogen and oxygen atoms in total. The highest BCUT2D eigenvalue weighted by atomic mass is 16.6. The van der Waals surface area contributed by atoms with Crippen LogP contribution in [0.1, 0.15) is 26.2 Å². The average molecular weight is 736 g/mol. The smallest absolute Gasteiger partial charge is 0.132 e. The molecular weight excluding hydrogens is 670 g/mol. The molecule has 0 amide bonds. The van der Waals surface area contributed by atoms with Gasteiger partial charge in [0.05, 0.1) is 130 Å². The van der Waals surface area contributed by atoms with E-state index < -0.39 is 36.6 Å². The molecule has 0 spiro atoms. The number of ether oxygens (including phenoxy) is 8. The van der Waals surface area contributed by atoms with Gasteiger partial charge in [-0.2, -0.15) is 0 Å². The third-order valence-corrected chi connectivity index (χ3v) is 7.07. The van der Waals surface area contributed by atoms with Crippen LogP contribution in [0.2, 0.25) is 0 Å². The monoisotopic (exact) mass is 735 g/mol. The van der Waals surface area contributed by atoms with Gasteiger partial charge < -0.3 is 78.7 Å². The van der Waals surface area contributed by atoms with Crippen LogP contribution in [0.25, 0.3) is 0 Å². The summed E-state index contributed by atoms with van der Waals surface area (Å²) in [5.41, 5.74) is 0. The van der Waals surface area contributed by atoms with Gasteiger partial charge >= 0.3 is 0 Å². The molecule has 0 aliphatic rings. The number of carbonyl (C=O) groups excluding carboxylic acids is 1. The van der Waals surface area contributed by atoms with Crippen molar-refractivity contribution in [2.24, 2.45) is 0 Å². The summed E-state index contributed by atoms with van der Waals surface area (Å²) in [6.07, 6.45) is -8.55. The first-order valence-electron chi connectivity index (χ1n) is 17.3. The van der Waals surface area contributed by atoms with Crippen molar-refractivity contribution >= 4 is 5.78 Å². The molecule has 0 saturated heterocycles. The SMILES string of the molecule is CC(=O)CCOCCOCCOCCOCCOCCOCCOCCOCCN(CC(O)C(O)C(O)CCO)CC(O)C(O)C(O)CCO. The van der Waals surface area contributed by atoms with Gasteiger partial charge in [0.2, 0.25) is 0 Å². The van der Waals surface area contributed by atoms with Crippen molar-refractivity contribution in [2.75, 3.05) is 139 Å². The van der Waals surface area contributed by atoms with E-state index in [-0.39, 0.29) is 71.3 Å². The zero-order valence-electron chi connectivity index (χ0n) is 29.6. The topological polar surface area (TPSA) is 256 Å². The van der Waals surface area contributed by atoms with Crippen LogP contribution in [-0.2, 0) is 42.7 Å². The zero-order valence-corrected chi connectivity index (χ0v) is 29.6. The maximum Gasteiger partial charge on any atom is 0.132 e. The average Bonchev–Trinajstić information content (AvgIpc) is 3.08. The highest BCUT2D eigenvalue weighted by Gasteiger charge is 2.30. The summed E-state index contributed by atoms with van der Waals surface area (Å²) in [7, 11) is 0. The fourth-order valence-electron chi connectivity index (χ4n) is 4.17. The van der Waals surface area contributed by atoms with Gasteiger partial charge in [-0.15, -0.1) is 0 Å². The Morgan fingerprint density at radius 2 is 0.740 bits per heavy atom. The Bertz CT molecular complexity index is 717. The van der Waals surface area contributed by atoms with E-state index >= 15 is 0 Å². The molecular formula is C32H65NO17. The lowest BCUT2D eigenvalue weighted by molar-refractivity contribution is -0.118. The molecule has 0 saturated carbocycles. The minimum Gasteiger partial charge on any atom is -0.396 e. The van der Waals surface area contributed by atoms with E-state index in [0.717, 1.165) is 0 Å². The van der Waals surface area contributed by atoms with Crippen LogP contribution in [0, 0.1) is 0 Å². The Balaban J connectivity index is 3.84. The van der Waals surface area contributed by atoms with E-state index in [1.165, 1.54) is 11.8 Å². The molecule has 0 bridgehead atoms. The fourth-order valence-corrected chi connectivity index (χ4v) is 4.17. The summed E-state index contributed by atoms with van der Waals surface area (Å²) in [6.45, 7) is 6.73. The lowest BCUT2D eigenvalue weighted by Gasteiger charge is -2.32. The molecule has 0 rings (SSSR count). The van der Waals surface area contributed by atoms with Crippen molar-refractivity contribution in [3.63, 3.8) is 0 Å². The van der Waals surface area contributed by atoms with E-state index in [2.05, 4.69) is 0 Å². The van der Waals surface area contributed by atoms with Crippen molar-refractivity contribution in [3.8, 4) is 0 Å². The van der Waals surface area contributed by atoms with E-state index in [1.54, 1.807) is 0 Å². The highest BCUT2D eigenvalue weighted by molar-refractivity contribution is 5.75. The molecule has 0 aliphatic carbocycles. The number of Topliss-reactive ketones (excluding diaryl/α,β-unsaturated/α-hetero) is 1. The van der Waals surface area contributed by atoms with E-state index in [1.807, 2.05) is 0 Å². The van der Waals surface area contributed by atoms with Gasteiger partial charge in [0, 0.05) is 39.3 Å². The van der Waals surface area contributed by atoms with Gasteiger partial charge in [-0.1, -0.05) is 0 Å². The number of carbonyl (C=O) groups is 1. The Kier molecular flexibility index (Phi) is 34.3. The van der Waals surface area contributed by atoms with Gasteiger partial charge in [-0.05, 0) is 19.8 Å². The van der Waals surface area contributed by atoms with Crippen molar-refractivity contribution in [2.45, 2.75) is 62.8 Å². The van der Waals surface area contributed by atoms with Gasteiger partial charge in [0.15, 0.2) is 0 Å². The Morgan fingerprint density at radius 3 is 1.02 bits per heavy atom. The largest absolute Gasteiger partial charge is 0.396 e. The predicted molar refractivity (Wildman–Crippen MR) is 178 cm³/mol. The van der Waals surface area contributed by atoms with Crippen molar-refractivity contribution in [1.82, 2.24) is 4.90 Å². The zero-order chi connectivity index (χ0) is 37.2. The van der Waals surface area contributed by atoms with E-state index in [0.29, 0.717) is 92.3 Å². The Morgan fingerprint density at radius 1 is 0.460 bits per heavy atom. The van der Waals surface area contributed by atoms with Crippen LogP contribution >= 0.6 is 0 Å². The number of rotatable bonds is 39. The van der Waals surface area contributed by atoms with Crippen molar-refractivity contribution < 1.29 is 83.5 Å². The third kappa shape index (κ3) is 29.6. The second-order valence-electron chi connectivity index (χ2n) is 11.4. The molecule has 0 aromatic rings. The second kappa shape index (κ2) is 35.0. The molecule has 300 valence electrons. The first-order valence-corrected chi connectivity index (χ1v) is 17.3. The lowest BCUT2D eigenvalue weighted by atomic mass is 10.0. The van der Waals surface area contributed by atoms with Crippen LogP contribution < -0.4 is 0 Å². The normalized spacial score (nSPS) is 15.6. The highest BCUT2D eigenvalue weighted by Crippen LogP contribution is 2.10. The minimum absolute atomic E-state index is 0.103. The summed E-state index contributed by atoms with van der Waals surface area (Å²) in [5.74, 6) is 0.103. The van der Waals surface area contributed by atoms with Gasteiger partial charge in [-0.25, -0.2) is 0 Å².